The predicted molar refractivity (Wildman–Crippen MR) is 98.4 cm³/mol. The highest BCUT2D eigenvalue weighted by molar-refractivity contribution is 5.74. The minimum atomic E-state index is -4.61. The molecule has 0 amide bonds. The second-order valence-electron chi connectivity index (χ2n) is 7.75. The van der Waals surface area contributed by atoms with E-state index in [4.69, 9.17) is 0 Å². The lowest BCUT2D eigenvalue weighted by Gasteiger charge is -2.32. The van der Waals surface area contributed by atoms with Gasteiger partial charge in [-0.1, -0.05) is 12.1 Å². The fourth-order valence-electron chi connectivity index (χ4n) is 4.63. The van der Waals surface area contributed by atoms with Crippen LogP contribution in [0.4, 0.5) is 17.6 Å². The maximum absolute atomic E-state index is 13.4. The van der Waals surface area contributed by atoms with Crippen LogP contribution in [0, 0.1) is 11.7 Å². The van der Waals surface area contributed by atoms with Gasteiger partial charge in [0.25, 0.3) is 5.82 Å². The maximum Gasteiger partial charge on any atom is 0.453 e. The number of hydrogen-bond donors (Lipinski definition) is 2. The van der Waals surface area contributed by atoms with Crippen molar-refractivity contribution >= 4 is 5.65 Å². The first-order valence-corrected chi connectivity index (χ1v) is 9.61. The molecule has 1 saturated heterocycles. The summed E-state index contributed by atoms with van der Waals surface area (Å²) in [6.07, 6.45) is -0.530. The highest BCUT2D eigenvalue weighted by Gasteiger charge is 2.39. The Morgan fingerprint density at radius 1 is 1.07 bits per heavy atom. The van der Waals surface area contributed by atoms with Crippen LogP contribution < -0.4 is 10.9 Å². The Morgan fingerprint density at radius 3 is 2.62 bits per heavy atom. The average Bonchev–Trinajstić information content (AvgIpc) is 3.33. The Kier molecular flexibility index (Phi) is 4.32. The van der Waals surface area contributed by atoms with Crippen molar-refractivity contribution < 1.29 is 17.6 Å². The third-order valence-corrected chi connectivity index (χ3v) is 6.00. The summed E-state index contributed by atoms with van der Waals surface area (Å²) in [5.41, 5.74) is 8.96. The minimum Gasteiger partial charge on any atom is -0.257 e. The first-order chi connectivity index (χ1) is 13.9. The summed E-state index contributed by atoms with van der Waals surface area (Å²) in [4.78, 5) is 3.87. The Morgan fingerprint density at radius 2 is 1.86 bits per heavy atom. The number of nitrogens with one attached hydrogen (secondary N) is 2. The molecule has 3 aromatic rings. The summed E-state index contributed by atoms with van der Waals surface area (Å²) in [5, 5.41) is 3.65. The van der Waals surface area contributed by atoms with Gasteiger partial charge >= 0.3 is 6.18 Å². The monoisotopic (exact) mass is 405 g/mol. The quantitative estimate of drug-likeness (QED) is 0.635. The van der Waals surface area contributed by atoms with Crippen LogP contribution in [0.2, 0.25) is 0 Å². The Bertz CT molecular complexity index is 1040. The average molecular weight is 405 g/mol. The van der Waals surface area contributed by atoms with Gasteiger partial charge in [0.05, 0.1) is 0 Å². The molecule has 2 aromatic heterocycles. The van der Waals surface area contributed by atoms with Crippen LogP contribution in [0.1, 0.15) is 36.6 Å². The zero-order chi connectivity index (χ0) is 20.2. The largest absolute Gasteiger partial charge is 0.453 e. The molecule has 152 valence electrons. The molecular formula is C20H19F4N5. The molecule has 1 aromatic carbocycles. The summed E-state index contributed by atoms with van der Waals surface area (Å²) >= 11 is 0. The molecule has 1 aliphatic carbocycles. The number of fused-ring (bicyclic) bond motifs is 2. The van der Waals surface area contributed by atoms with Crippen LogP contribution in [0.5, 0.6) is 0 Å². The van der Waals surface area contributed by atoms with E-state index < -0.39 is 12.0 Å². The highest BCUT2D eigenvalue weighted by atomic mass is 19.4. The Balaban J connectivity index is 1.67. The number of hydrogen-bond acceptors (Lipinski definition) is 4. The van der Waals surface area contributed by atoms with Crippen molar-refractivity contribution in [3.63, 3.8) is 0 Å². The van der Waals surface area contributed by atoms with E-state index in [-0.39, 0.29) is 17.4 Å². The molecule has 2 N–H and O–H groups in total. The van der Waals surface area contributed by atoms with Gasteiger partial charge in [-0.05, 0) is 60.4 Å². The van der Waals surface area contributed by atoms with E-state index in [1.54, 1.807) is 18.2 Å². The van der Waals surface area contributed by atoms with Crippen molar-refractivity contribution in [1.29, 1.82) is 0 Å². The lowest BCUT2D eigenvalue weighted by Crippen LogP contribution is -2.34. The molecule has 2 aliphatic rings. The molecule has 1 saturated carbocycles. The van der Waals surface area contributed by atoms with E-state index in [0.29, 0.717) is 12.0 Å². The molecule has 9 heteroatoms. The molecule has 2 fully saturated rings. The maximum atomic E-state index is 13.4. The topological polar surface area (TPSA) is 54.2 Å². The fourth-order valence-corrected chi connectivity index (χ4v) is 4.63. The zero-order valence-corrected chi connectivity index (χ0v) is 15.4. The molecule has 3 heterocycles. The summed E-state index contributed by atoms with van der Waals surface area (Å²) in [6.45, 7) is 0.830. The van der Waals surface area contributed by atoms with E-state index in [0.717, 1.165) is 42.5 Å². The predicted octanol–water partition coefficient (Wildman–Crippen LogP) is 3.91. The van der Waals surface area contributed by atoms with Crippen molar-refractivity contribution in [2.24, 2.45) is 5.92 Å². The Hall–Kier alpha value is -2.52. The molecule has 0 radical (unpaired) electrons. The molecule has 0 bridgehead atoms. The zero-order valence-electron chi connectivity index (χ0n) is 15.4. The molecule has 5 rings (SSSR count). The highest BCUT2D eigenvalue weighted by Crippen LogP contribution is 2.43. The molecular weight excluding hydrogens is 386 g/mol. The van der Waals surface area contributed by atoms with Gasteiger partial charge in [-0.25, -0.2) is 13.9 Å². The molecule has 0 spiro atoms. The number of aromatic nitrogens is 3. The van der Waals surface area contributed by atoms with Crippen molar-refractivity contribution in [3.8, 4) is 11.1 Å². The van der Waals surface area contributed by atoms with Crippen molar-refractivity contribution in [1.82, 2.24) is 25.4 Å². The minimum absolute atomic E-state index is 0.0481. The number of benzene rings is 1. The third-order valence-electron chi connectivity index (χ3n) is 6.00. The second-order valence-corrected chi connectivity index (χ2v) is 7.75. The molecule has 29 heavy (non-hydrogen) atoms. The van der Waals surface area contributed by atoms with Crippen molar-refractivity contribution in [3.05, 3.63) is 53.7 Å². The second kappa shape index (κ2) is 6.77. The smallest absolute Gasteiger partial charge is 0.257 e. The van der Waals surface area contributed by atoms with Crippen LogP contribution in [-0.2, 0) is 6.18 Å². The number of pyridine rings is 1. The van der Waals surface area contributed by atoms with Crippen LogP contribution in [0.15, 0.2) is 36.5 Å². The van der Waals surface area contributed by atoms with Crippen molar-refractivity contribution in [2.45, 2.75) is 37.4 Å². The van der Waals surface area contributed by atoms with Crippen LogP contribution in [-0.4, -0.2) is 27.2 Å². The van der Waals surface area contributed by atoms with Gasteiger partial charge in [-0.2, -0.15) is 13.2 Å². The summed E-state index contributed by atoms with van der Waals surface area (Å²) in [7, 11) is 0. The lowest BCUT2D eigenvalue weighted by molar-refractivity contribution is -0.144. The number of alkyl halides is 3. The van der Waals surface area contributed by atoms with Gasteiger partial charge < -0.3 is 0 Å². The van der Waals surface area contributed by atoms with E-state index in [2.05, 4.69) is 20.9 Å². The number of rotatable bonds is 2. The van der Waals surface area contributed by atoms with Gasteiger partial charge in [0.1, 0.15) is 5.82 Å². The van der Waals surface area contributed by atoms with E-state index in [1.807, 2.05) is 0 Å². The number of halogens is 4. The van der Waals surface area contributed by atoms with Gasteiger partial charge in [0.2, 0.25) is 0 Å². The number of nitrogens with zero attached hydrogens (tertiary/aromatic N) is 3. The summed E-state index contributed by atoms with van der Waals surface area (Å²) < 4.78 is 54.4. The van der Waals surface area contributed by atoms with Crippen LogP contribution >= 0.6 is 0 Å². The van der Waals surface area contributed by atoms with Crippen molar-refractivity contribution in [2.75, 3.05) is 6.54 Å². The van der Waals surface area contributed by atoms with Gasteiger partial charge in [0, 0.05) is 24.3 Å². The number of hydrazine groups is 1. The van der Waals surface area contributed by atoms with E-state index in [9.17, 15) is 17.6 Å². The van der Waals surface area contributed by atoms with Crippen LogP contribution in [0.25, 0.3) is 16.8 Å². The van der Waals surface area contributed by atoms with Crippen LogP contribution in [0.3, 0.4) is 0 Å². The first-order valence-electron chi connectivity index (χ1n) is 9.61. The summed E-state index contributed by atoms with van der Waals surface area (Å²) in [6, 6.07) is 8.14. The molecule has 1 aliphatic heterocycles. The Labute approximate surface area is 164 Å². The first kappa shape index (κ1) is 18.5. The SMILES string of the molecule is Fc1ccc(-c2ccn3nc(C(F)(F)F)nc3c2C2CCC3NNCC3C2)cc1. The molecule has 5 nitrogen and oxygen atoms in total. The summed E-state index contributed by atoms with van der Waals surface area (Å²) in [5.74, 6) is -1.05. The normalized spacial score (nSPS) is 24.8. The van der Waals surface area contributed by atoms with E-state index >= 15 is 0 Å². The standard InChI is InChI=1S/C20H19F4N5/c21-14-4-1-11(2-5-14)15-7-8-29-18(26-19(28-29)20(22,23)24)17(15)12-3-6-16-13(9-12)10-25-27-16/h1-2,4-5,7-8,12-13,16,25,27H,3,6,9-10H2. The third kappa shape index (κ3) is 3.28. The molecule has 3 atom stereocenters. The van der Waals surface area contributed by atoms with Gasteiger partial charge in [-0.15, -0.1) is 5.10 Å². The lowest BCUT2D eigenvalue weighted by atomic mass is 9.74. The van der Waals surface area contributed by atoms with Gasteiger partial charge in [-0.3, -0.25) is 10.9 Å². The molecule has 3 unspecified atom stereocenters. The fraction of sp³-hybridized carbons (Fsp3) is 0.400. The van der Waals surface area contributed by atoms with Gasteiger partial charge in [0.15, 0.2) is 5.65 Å². The van der Waals surface area contributed by atoms with E-state index in [1.165, 1.54) is 22.8 Å².